The molecule has 0 amide bonds. The molecule has 0 bridgehead atoms. The Kier molecular flexibility index (Phi) is 7.55. The Labute approximate surface area is 90.1 Å². The lowest BCUT2D eigenvalue weighted by Crippen LogP contribution is -2.01. The van der Waals surface area contributed by atoms with Crippen LogP contribution in [0.15, 0.2) is 24.3 Å². The molecule has 0 heteroatoms. The van der Waals surface area contributed by atoms with Crippen molar-refractivity contribution in [1.82, 2.24) is 0 Å². The molecule has 0 aliphatic carbocycles. The van der Waals surface area contributed by atoms with Crippen LogP contribution in [0.25, 0.3) is 0 Å². The van der Waals surface area contributed by atoms with E-state index >= 15 is 0 Å². The van der Waals surface area contributed by atoms with Crippen molar-refractivity contribution < 1.29 is 0 Å². The predicted octanol–water partition coefficient (Wildman–Crippen LogP) is 5.12. The highest BCUT2D eigenvalue weighted by atomic mass is 14.1. The number of allylic oxidation sites excluding steroid dienone is 2. The summed E-state index contributed by atoms with van der Waals surface area (Å²) in [5.41, 5.74) is 2.63. The Bertz CT molecular complexity index is 160. The molecule has 0 rings (SSSR count). The van der Waals surface area contributed by atoms with Gasteiger partial charge in [0.1, 0.15) is 0 Å². The minimum Gasteiger partial charge on any atom is -0.100 e. The summed E-state index contributed by atoms with van der Waals surface area (Å²) in [7, 11) is 0. The second-order valence-corrected chi connectivity index (χ2v) is 4.68. The number of rotatable bonds is 8. The lowest BCUT2D eigenvalue weighted by atomic mass is 9.89. The first-order valence-electron chi connectivity index (χ1n) is 5.85. The first-order chi connectivity index (χ1) is 6.56. The largest absolute Gasteiger partial charge is 0.100 e. The molecule has 14 heavy (non-hydrogen) atoms. The summed E-state index contributed by atoms with van der Waals surface area (Å²) >= 11 is 0. The van der Waals surface area contributed by atoms with Gasteiger partial charge in [-0.25, -0.2) is 0 Å². The van der Waals surface area contributed by atoms with Gasteiger partial charge in [-0.15, -0.1) is 13.2 Å². The average Bonchev–Trinajstić information content (AvgIpc) is 2.02. The monoisotopic (exact) mass is 194 g/mol. The van der Waals surface area contributed by atoms with E-state index < -0.39 is 0 Å². The molecule has 0 atom stereocenters. The minimum absolute atomic E-state index is 0.788. The van der Waals surface area contributed by atoms with E-state index in [0.29, 0.717) is 0 Å². The van der Waals surface area contributed by atoms with E-state index in [9.17, 15) is 0 Å². The highest BCUT2D eigenvalue weighted by Gasteiger charge is 2.08. The Hall–Kier alpha value is -0.520. The van der Waals surface area contributed by atoms with Crippen molar-refractivity contribution in [3.8, 4) is 0 Å². The molecule has 0 aliphatic rings. The molecule has 82 valence electrons. The zero-order valence-corrected chi connectivity index (χ0v) is 10.2. The maximum Gasteiger partial charge on any atom is -0.0294 e. The first kappa shape index (κ1) is 13.5. The lowest BCUT2D eigenvalue weighted by Gasteiger charge is -2.16. The van der Waals surface area contributed by atoms with E-state index in [-0.39, 0.29) is 0 Å². The molecule has 0 aromatic carbocycles. The molecule has 0 aliphatic heterocycles. The fourth-order valence-electron chi connectivity index (χ4n) is 1.94. The molecule has 0 nitrogen and oxygen atoms in total. The standard InChI is InChI=1S/C14H26/c1-6-7-8-9-14(10-12(2)3)11-13(4)5/h14H,2,4,6-11H2,1,3,5H3. The SMILES string of the molecule is C=C(C)CC(CCCCC)CC(=C)C. The van der Waals surface area contributed by atoms with E-state index in [2.05, 4.69) is 33.9 Å². The van der Waals surface area contributed by atoms with Gasteiger partial charge in [0.25, 0.3) is 0 Å². The van der Waals surface area contributed by atoms with Crippen LogP contribution in [-0.4, -0.2) is 0 Å². The minimum atomic E-state index is 0.788. The molecular formula is C14H26. The van der Waals surface area contributed by atoms with E-state index in [1.165, 1.54) is 49.7 Å². The summed E-state index contributed by atoms with van der Waals surface area (Å²) in [6, 6.07) is 0. The highest BCUT2D eigenvalue weighted by molar-refractivity contribution is 4.96. The third kappa shape index (κ3) is 8.10. The van der Waals surface area contributed by atoms with E-state index in [0.717, 1.165) is 5.92 Å². The molecule has 0 aromatic rings. The molecule has 0 N–H and O–H groups in total. The summed E-state index contributed by atoms with van der Waals surface area (Å²) in [6.07, 6.45) is 7.73. The smallest absolute Gasteiger partial charge is 0.0294 e. The fourth-order valence-corrected chi connectivity index (χ4v) is 1.94. The van der Waals surface area contributed by atoms with Gasteiger partial charge in [0, 0.05) is 0 Å². The highest BCUT2D eigenvalue weighted by Crippen LogP contribution is 2.23. The van der Waals surface area contributed by atoms with Crippen LogP contribution >= 0.6 is 0 Å². The number of unbranched alkanes of at least 4 members (excludes halogenated alkanes) is 2. The maximum atomic E-state index is 4.00. The first-order valence-corrected chi connectivity index (χ1v) is 5.85. The average molecular weight is 194 g/mol. The number of hydrogen-bond donors (Lipinski definition) is 0. The third-order valence-electron chi connectivity index (χ3n) is 2.49. The van der Waals surface area contributed by atoms with Crippen molar-refractivity contribution in [3.05, 3.63) is 24.3 Å². The van der Waals surface area contributed by atoms with Gasteiger partial charge in [0.15, 0.2) is 0 Å². The second-order valence-electron chi connectivity index (χ2n) is 4.68. The second kappa shape index (κ2) is 7.84. The summed E-state index contributed by atoms with van der Waals surface area (Å²) in [4.78, 5) is 0. The van der Waals surface area contributed by atoms with Gasteiger partial charge in [0.2, 0.25) is 0 Å². The van der Waals surface area contributed by atoms with Crippen molar-refractivity contribution in [3.63, 3.8) is 0 Å². The molecule has 0 spiro atoms. The molecule has 0 saturated heterocycles. The Balaban J connectivity index is 3.84. The molecule has 0 unspecified atom stereocenters. The van der Waals surface area contributed by atoms with E-state index in [1.54, 1.807) is 0 Å². The van der Waals surface area contributed by atoms with Gasteiger partial charge in [-0.2, -0.15) is 0 Å². The summed E-state index contributed by atoms with van der Waals surface area (Å²) in [5, 5.41) is 0. The van der Waals surface area contributed by atoms with Gasteiger partial charge in [-0.3, -0.25) is 0 Å². The van der Waals surface area contributed by atoms with Gasteiger partial charge in [0.05, 0.1) is 0 Å². The zero-order valence-electron chi connectivity index (χ0n) is 10.2. The normalized spacial score (nSPS) is 10.6. The van der Waals surface area contributed by atoms with Crippen LogP contribution in [0.3, 0.4) is 0 Å². The van der Waals surface area contributed by atoms with Crippen molar-refractivity contribution in [2.24, 2.45) is 5.92 Å². The van der Waals surface area contributed by atoms with E-state index in [4.69, 9.17) is 0 Å². The van der Waals surface area contributed by atoms with Crippen molar-refractivity contribution in [2.75, 3.05) is 0 Å². The van der Waals surface area contributed by atoms with Crippen molar-refractivity contribution >= 4 is 0 Å². The van der Waals surface area contributed by atoms with Crippen molar-refractivity contribution in [1.29, 1.82) is 0 Å². The van der Waals surface area contributed by atoms with Crippen molar-refractivity contribution in [2.45, 2.75) is 59.3 Å². The van der Waals surface area contributed by atoms with Crippen LogP contribution in [0.4, 0.5) is 0 Å². The molecule has 0 radical (unpaired) electrons. The van der Waals surface area contributed by atoms with Gasteiger partial charge < -0.3 is 0 Å². The van der Waals surface area contributed by atoms with E-state index in [1.807, 2.05) is 0 Å². The van der Waals surface area contributed by atoms with Crippen LogP contribution in [-0.2, 0) is 0 Å². The van der Waals surface area contributed by atoms with Crippen LogP contribution in [0.1, 0.15) is 59.3 Å². The van der Waals surface area contributed by atoms with Crippen LogP contribution in [0.5, 0.6) is 0 Å². The third-order valence-corrected chi connectivity index (χ3v) is 2.49. The molecule has 0 fully saturated rings. The van der Waals surface area contributed by atoms with Gasteiger partial charge >= 0.3 is 0 Å². The fraction of sp³-hybridized carbons (Fsp3) is 0.714. The van der Waals surface area contributed by atoms with Gasteiger partial charge in [-0.05, 0) is 39.0 Å². The predicted molar refractivity (Wildman–Crippen MR) is 66.5 cm³/mol. The molecule has 0 saturated carbocycles. The Morgan fingerprint density at radius 2 is 1.50 bits per heavy atom. The zero-order chi connectivity index (χ0) is 11.0. The summed E-state index contributed by atoms with van der Waals surface area (Å²) < 4.78 is 0. The summed E-state index contributed by atoms with van der Waals surface area (Å²) in [5.74, 6) is 0.788. The Morgan fingerprint density at radius 1 is 1.00 bits per heavy atom. The van der Waals surface area contributed by atoms with Crippen LogP contribution in [0, 0.1) is 5.92 Å². The number of hydrogen-bond acceptors (Lipinski definition) is 0. The topological polar surface area (TPSA) is 0 Å². The quantitative estimate of drug-likeness (QED) is 0.372. The maximum absolute atomic E-state index is 4.00. The Morgan fingerprint density at radius 3 is 1.86 bits per heavy atom. The van der Waals surface area contributed by atoms with Crippen LogP contribution in [0.2, 0.25) is 0 Å². The van der Waals surface area contributed by atoms with Crippen LogP contribution < -0.4 is 0 Å². The molecular weight excluding hydrogens is 168 g/mol. The lowest BCUT2D eigenvalue weighted by molar-refractivity contribution is 0.451. The summed E-state index contributed by atoms with van der Waals surface area (Å²) in [6.45, 7) is 14.5. The molecule has 0 aromatic heterocycles. The molecule has 0 heterocycles. The van der Waals surface area contributed by atoms with Gasteiger partial charge in [-0.1, -0.05) is 37.3 Å².